The standard InChI is InChI=1S/C12H10Br2N4/c1-17-10-5-3-2-4-8(10)9(15-17)7-18-12(14)6-11(13)16-18/h2-6H,7H2,1H3. The normalized spacial score (nSPS) is 11.3. The lowest BCUT2D eigenvalue weighted by atomic mass is 10.2. The van der Waals surface area contributed by atoms with Crippen LogP contribution in [0.3, 0.4) is 0 Å². The number of halogens is 2. The molecule has 1 aromatic carbocycles. The van der Waals surface area contributed by atoms with Crippen molar-refractivity contribution in [3.8, 4) is 0 Å². The van der Waals surface area contributed by atoms with Crippen LogP contribution < -0.4 is 0 Å². The number of hydrogen-bond acceptors (Lipinski definition) is 2. The lowest BCUT2D eigenvalue weighted by molar-refractivity contribution is 0.640. The third kappa shape index (κ3) is 1.99. The molecule has 0 amide bonds. The second kappa shape index (κ2) is 4.51. The zero-order valence-corrected chi connectivity index (χ0v) is 12.8. The van der Waals surface area contributed by atoms with Crippen LogP contribution in [0.5, 0.6) is 0 Å². The Bertz CT molecular complexity index is 714. The number of aromatic nitrogens is 4. The van der Waals surface area contributed by atoms with E-state index in [1.54, 1.807) is 0 Å². The van der Waals surface area contributed by atoms with Gasteiger partial charge in [0.2, 0.25) is 0 Å². The van der Waals surface area contributed by atoms with Gasteiger partial charge in [-0.3, -0.25) is 9.36 Å². The van der Waals surface area contributed by atoms with E-state index in [1.807, 2.05) is 34.6 Å². The van der Waals surface area contributed by atoms with Gasteiger partial charge in [-0.2, -0.15) is 10.2 Å². The molecule has 6 heteroatoms. The maximum atomic E-state index is 4.56. The summed E-state index contributed by atoms with van der Waals surface area (Å²) in [6.45, 7) is 0.646. The van der Waals surface area contributed by atoms with Crippen molar-refractivity contribution in [2.75, 3.05) is 0 Å². The summed E-state index contributed by atoms with van der Waals surface area (Å²) < 4.78 is 5.52. The molecule has 0 bridgehead atoms. The molecule has 3 rings (SSSR count). The Hall–Kier alpha value is -1.14. The Kier molecular flexibility index (Phi) is 2.99. The fourth-order valence-corrected chi connectivity index (χ4v) is 3.16. The minimum atomic E-state index is 0.646. The number of para-hydroxylation sites is 1. The number of hydrogen-bond donors (Lipinski definition) is 0. The maximum absolute atomic E-state index is 4.56. The first-order chi connectivity index (χ1) is 8.65. The van der Waals surface area contributed by atoms with Gasteiger partial charge >= 0.3 is 0 Å². The van der Waals surface area contributed by atoms with Crippen LogP contribution in [0.4, 0.5) is 0 Å². The Morgan fingerprint density at radius 2 is 1.94 bits per heavy atom. The molecule has 18 heavy (non-hydrogen) atoms. The highest BCUT2D eigenvalue weighted by molar-refractivity contribution is 9.11. The lowest BCUT2D eigenvalue weighted by Gasteiger charge is -2.00. The predicted molar refractivity (Wildman–Crippen MR) is 77.4 cm³/mol. The van der Waals surface area contributed by atoms with E-state index in [1.165, 1.54) is 5.39 Å². The van der Waals surface area contributed by atoms with Crippen molar-refractivity contribution in [3.05, 3.63) is 45.2 Å². The molecule has 0 fully saturated rings. The summed E-state index contributed by atoms with van der Waals surface area (Å²) >= 11 is 6.85. The van der Waals surface area contributed by atoms with E-state index < -0.39 is 0 Å². The van der Waals surface area contributed by atoms with Gasteiger partial charge in [0.05, 0.1) is 17.8 Å². The van der Waals surface area contributed by atoms with Crippen LogP contribution in [0.25, 0.3) is 10.9 Å². The number of nitrogens with zero attached hydrogens (tertiary/aromatic N) is 4. The van der Waals surface area contributed by atoms with Crippen molar-refractivity contribution in [2.24, 2.45) is 7.05 Å². The summed E-state index contributed by atoms with van der Waals surface area (Å²) in [6, 6.07) is 10.1. The SMILES string of the molecule is Cn1nc(Cn2nc(Br)cc2Br)c2ccccc21. The topological polar surface area (TPSA) is 35.6 Å². The van der Waals surface area contributed by atoms with E-state index in [2.05, 4.69) is 54.2 Å². The second-order valence-electron chi connectivity index (χ2n) is 4.03. The second-order valence-corrected chi connectivity index (χ2v) is 5.66. The zero-order valence-electron chi connectivity index (χ0n) is 9.64. The Morgan fingerprint density at radius 1 is 1.17 bits per heavy atom. The average Bonchev–Trinajstić information content (AvgIpc) is 2.82. The first kappa shape index (κ1) is 11.9. The Morgan fingerprint density at radius 3 is 2.67 bits per heavy atom. The quantitative estimate of drug-likeness (QED) is 0.694. The fourth-order valence-electron chi connectivity index (χ4n) is 2.02. The molecule has 0 atom stereocenters. The minimum Gasteiger partial charge on any atom is -0.268 e. The number of fused-ring (bicyclic) bond motifs is 1. The van der Waals surface area contributed by atoms with E-state index in [0.717, 1.165) is 20.4 Å². The van der Waals surface area contributed by atoms with Gasteiger partial charge in [-0.05, 0) is 37.9 Å². The molecule has 2 aromatic heterocycles. The molecule has 0 radical (unpaired) electrons. The predicted octanol–water partition coefficient (Wildman–Crippen LogP) is 3.34. The summed E-state index contributed by atoms with van der Waals surface area (Å²) in [5.41, 5.74) is 2.15. The molecule has 0 aliphatic heterocycles. The van der Waals surface area contributed by atoms with Crippen LogP contribution in [-0.4, -0.2) is 19.6 Å². The van der Waals surface area contributed by atoms with E-state index >= 15 is 0 Å². The van der Waals surface area contributed by atoms with Crippen LogP contribution in [-0.2, 0) is 13.6 Å². The monoisotopic (exact) mass is 368 g/mol. The minimum absolute atomic E-state index is 0.646. The van der Waals surface area contributed by atoms with Crippen LogP contribution >= 0.6 is 31.9 Å². The van der Waals surface area contributed by atoms with Gasteiger partial charge in [-0.1, -0.05) is 18.2 Å². The van der Waals surface area contributed by atoms with Gasteiger partial charge < -0.3 is 0 Å². The molecule has 0 unspecified atom stereocenters. The van der Waals surface area contributed by atoms with Gasteiger partial charge in [0.1, 0.15) is 9.21 Å². The maximum Gasteiger partial charge on any atom is 0.129 e. The molecule has 92 valence electrons. The first-order valence-electron chi connectivity index (χ1n) is 5.44. The first-order valence-corrected chi connectivity index (χ1v) is 7.03. The van der Waals surface area contributed by atoms with Gasteiger partial charge in [0.15, 0.2) is 0 Å². The van der Waals surface area contributed by atoms with Crippen molar-refractivity contribution in [1.29, 1.82) is 0 Å². The third-order valence-electron chi connectivity index (χ3n) is 2.83. The Labute approximate surface area is 121 Å². The molecule has 4 nitrogen and oxygen atoms in total. The number of aryl methyl sites for hydroxylation is 1. The van der Waals surface area contributed by atoms with Crippen LogP contribution in [0.1, 0.15) is 5.69 Å². The largest absolute Gasteiger partial charge is 0.268 e. The van der Waals surface area contributed by atoms with Crippen molar-refractivity contribution < 1.29 is 0 Å². The summed E-state index contributed by atoms with van der Waals surface area (Å²) in [5.74, 6) is 0. The zero-order chi connectivity index (χ0) is 12.7. The lowest BCUT2D eigenvalue weighted by Crippen LogP contribution is -2.03. The molecule has 0 N–H and O–H groups in total. The molecule has 0 spiro atoms. The Balaban J connectivity index is 2.08. The van der Waals surface area contributed by atoms with E-state index in [4.69, 9.17) is 0 Å². The molecule has 0 saturated heterocycles. The van der Waals surface area contributed by atoms with Gasteiger partial charge in [0.25, 0.3) is 0 Å². The highest BCUT2D eigenvalue weighted by atomic mass is 79.9. The summed E-state index contributed by atoms with van der Waals surface area (Å²) in [7, 11) is 1.96. The number of rotatable bonds is 2. The third-order valence-corrected chi connectivity index (χ3v) is 3.86. The van der Waals surface area contributed by atoms with E-state index in [-0.39, 0.29) is 0 Å². The van der Waals surface area contributed by atoms with Crippen LogP contribution in [0.2, 0.25) is 0 Å². The molecule has 0 aliphatic carbocycles. The highest BCUT2D eigenvalue weighted by Crippen LogP contribution is 2.21. The van der Waals surface area contributed by atoms with Crippen LogP contribution in [0.15, 0.2) is 39.5 Å². The van der Waals surface area contributed by atoms with Crippen molar-refractivity contribution >= 4 is 42.8 Å². The molecule has 0 saturated carbocycles. The van der Waals surface area contributed by atoms with Gasteiger partial charge in [-0.25, -0.2) is 0 Å². The molecule has 3 aromatic rings. The molecule has 2 heterocycles. The van der Waals surface area contributed by atoms with Crippen molar-refractivity contribution in [2.45, 2.75) is 6.54 Å². The summed E-state index contributed by atoms with van der Waals surface area (Å²) in [6.07, 6.45) is 0. The summed E-state index contributed by atoms with van der Waals surface area (Å²) in [5, 5.41) is 10.1. The van der Waals surface area contributed by atoms with E-state index in [9.17, 15) is 0 Å². The molecular weight excluding hydrogens is 360 g/mol. The van der Waals surface area contributed by atoms with Gasteiger partial charge in [0, 0.05) is 18.5 Å². The average molecular weight is 370 g/mol. The van der Waals surface area contributed by atoms with Gasteiger partial charge in [-0.15, -0.1) is 0 Å². The number of benzene rings is 1. The fraction of sp³-hybridized carbons (Fsp3) is 0.167. The summed E-state index contributed by atoms with van der Waals surface area (Å²) in [4.78, 5) is 0. The highest BCUT2D eigenvalue weighted by Gasteiger charge is 2.11. The smallest absolute Gasteiger partial charge is 0.129 e. The molecule has 0 aliphatic rings. The van der Waals surface area contributed by atoms with Crippen molar-refractivity contribution in [3.63, 3.8) is 0 Å². The van der Waals surface area contributed by atoms with Crippen LogP contribution in [0, 0.1) is 0 Å². The van der Waals surface area contributed by atoms with Crippen molar-refractivity contribution in [1.82, 2.24) is 19.6 Å². The van der Waals surface area contributed by atoms with E-state index in [0.29, 0.717) is 6.54 Å². The molecular formula is C12H10Br2N4.